The van der Waals surface area contributed by atoms with E-state index in [4.69, 9.17) is 16.3 Å². The van der Waals surface area contributed by atoms with Crippen LogP contribution in [0.1, 0.15) is 36.5 Å². The maximum Gasteiger partial charge on any atom is 0.307 e. The fourth-order valence-corrected chi connectivity index (χ4v) is 3.51. The Bertz CT molecular complexity index is 912. The molecule has 3 nitrogen and oxygen atoms in total. The van der Waals surface area contributed by atoms with Crippen molar-refractivity contribution in [1.82, 2.24) is 0 Å². The molecule has 0 aliphatic heterocycles. The highest BCUT2D eigenvalue weighted by Gasteiger charge is 2.41. The molecule has 3 aromatic carbocycles. The van der Waals surface area contributed by atoms with Gasteiger partial charge in [0.15, 0.2) is 5.60 Å². The van der Waals surface area contributed by atoms with Gasteiger partial charge in [0.25, 0.3) is 0 Å². The van der Waals surface area contributed by atoms with Crippen LogP contribution in [0, 0.1) is 0 Å². The van der Waals surface area contributed by atoms with Crippen LogP contribution in [0.4, 0.5) is 0 Å². The molecule has 3 rings (SSSR count). The summed E-state index contributed by atoms with van der Waals surface area (Å²) in [6.45, 7) is 1.46. The number of ketones is 1. The van der Waals surface area contributed by atoms with Gasteiger partial charge in [-0.05, 0) is 13.0 Å². The highest BCUT2D eigenvalue weighted by atomic mass is 35.5. The summed E-state index contributed by atoms with van der Waals surface area (Å²) in [5, 5.41) is 0.495. The van der Waals surface area contributed by atoms with Crippen LogP contribution in [0.3, 0.4) is 0 Å². The fraction of sp³-hybridized carbons (Fsp3) is 0.167. The first kappa shape index (κ1) is 19.8. The average molecular weight is 393 g/mol. The number of halogens is 1. The normalized spacial score (nSPS) is 11.1. The lowest BCUT2D eigenvalue weighted by atomic mass is 9.80. The van der Waals surface area contributed by atoms with E-state index in [0.717, 1.165) is 11.1 Å². The van der Waals surface area contributed by atoms with E-state index in [9.17, 15) is 9.59 Å². The number of ether oxygens (including phenoxy) is 1. The van der Waals surface area contributed by atoms with Gasteiger partial charge in [0.2, 0.25) is 0 Å². The first-order valence-corrected chi connectivity index (χ1v) is 9.49. The van der Waals surface area contributed by atoms with Gasteiger partial charge in [-0.2, -0.15) is 0 Å². The van der Waals surface area contributed by atoms with Crippen molar-refractivity contribution in [3.05, 3.63) is 107 Å². The number of Topliss-reactive ketones (excluding diaryl/α,β-unsaturated/α-hetero) is 1. The van der Waals surface area contributed by atoms with E-state index in [0.29, 0.717) is 10.6 Å². The zero-order valence-electron chi connectivity index (χ0n) is 15.6. The molecular formula is C24H21ClO3. The van der Waals surface area contributed by atoms with E-state index in [1.807, 2.05) is 78.9 Å². The highest BCUT2D eigenvalue weighted by Crippen LogP contribution is 2.43. The molecule has 0 atom stereocenters. The summed E-state index contributed by atoms with van der Waals surface area (Å²) in [7, 11) is 0. The van der Waals surface area contributed by atoms with Crippen molar-refractivity contribution in [3.8, 4) is 0 Å². The molecule has 4 heteroatoms. The molecule has 0 amide bonds. The largest absolute Gasteiger partial charge is 0.444 e. The third-order valence-corrected chi connectivity index (χ3v) is 4.89. The fourth-order valence-electron chi connectivity index (χ4n) is 3.24. The van der Waals surface area contributed by atoms with E-state index in [2.05, 4.69) is 0 Å². The van der Waals surface area contributed by atoms with Crippen LogP contribution in [0.25, 0.3) is 0 Å². The Balaban J connectivity index is 2.22. The second-order valence-electron chi connectivity index (χ2n) is 6.57. The van der Waals surface area contributed by atoms with E-state index >= 15 is 0 Å². The molecule has 0 spiro atoms. The molecule has 3 aromatic rings. The monoisotopic (exact) mass is 392 g/mol. The zero-order chi connectivity index (χ0) is 20.0. The van der Waals surface area contributed by atoms with Crippen LogP contribution in [0.15, 0.2) is 84.9 Å². The molecule has 0 aromatic heterocycles. The van der Waals surface area contributed by atoms with Crippen molar-refractivity contribution < 1.29 is 14.3 Å². The highest BCUT2D eigenvalue weighted by molar-refractivity contribution is 6.31. The molecule has 0 bridgehead atoms. The molecular weight excluding hydrogens is 372 g/mol. The van der Waals surface area contributed by atoms with Gasteiger partial charge in [-0.3, -0.25) is 4.79 Å². The molecule has 0 radical (unpaired) electrons. The number of esters is 1. The summed E-state index contributed by atoms with van der Waals surface area (Å²) in [5.41, 5.74) is 1.02. The zero-order valence-corrected chi connectivity index (χ0v) is 16.4. The summed E-state index contributed by atoms with van der Waals surface area (Å²) >= 11 is 6.57. The Morgan fingerprint density at radius 1 is 0.786 bits per heavy atom. The number of hydrogen-bond acceptors (Lipinski definition) is 3. The van der Waals surface area contributed by atoms with Crippen molar-refractivity contribution in [2.75, 3.05) is 0 Å². The van der Waals surface area contributed by atoms with Gasteiger partial charge < -0.3 is 9.53 Å². The smallest absolute Gasteiger partial charge is 0.307 e. The number of benzene rings is 3. The van der Waals surface area contributed by atoms with E-state index in [1.54, 1.807) is 6.07 Å². The van der Waals surface area contributed by atoms with Gasteiger partial charge in [-0.25, -0.2) is 0 Å². The molecule has 0 heterocycles. The maximum absolute atomic E-state index is 12.8. The lowest BCUT2D eigenvalue weighted by Gasteiger charge is -2.36. The van der Waals surface area contributed by atoms with Gasteiger partial charge in [-0.15, -0.1) is 0 Å². The average Bonchev–Trinajstić information content (AvgIpc) is 2.72. The van der Waals surface area contributed by atoms with Crippen molar-refractivity contribution in [2.45, 2.75) is 25.4 Å². The third-order valence-electron chi connectivity index (χ3n) is 4.56. The molecule has 0 fully saturated rings. The SMILES string of the molecule is CC(=O)CCC(=O)OC(c1ccccc1)(c1ccccc1)c1ccccc1Cl. The number of hydrogen-bond donors (Lipinski definition) is 0. The predicted octanol–water partition coefficient (Wildman–Crippen LogP) is 5.54. The van der Waals surface area contributed by atoms with E-state index < -0.39 is 11.6 Å². The van der Waals surface area contributed by atoms with Gasteiger partial charge in [0.1, 0.15) is 5.78 Å². The Morgan fingerprint density at radius 3 is 1.79 bits per heavy atom. The standard InChI is InChI=1S/C24H21ClO3/c1-18(26)16-17-23(27)28-24(19-10-4-2-5-11-19,20-12-6-3-7-13-20)21-14-8-9-15-22(21)25/h2-15H,16-17H2,1H3. The summed E-state index contributed by atoms with van der Waals surface area (Å²) in [6, 6.07) is 26.4. The van der Waals surface area contributed by atoms with Gasteiger partial charge in [0, 0.05) is 28.1 Å². The summed E-state index contributed by atoms with van der Waals surface area (Å²) in [4.78, 5) is 24.1. The Morgan fingerprint density at radius 2 is 1.29 bits per heavy atom. The first-order chi connectivity index (χ1) is 13.5. The topological polar surface area (TPSA) is 43.4 Å². The lowest BCUT2D eigenvalue weighted by molar-refractivity contribution is -0.154. The molecule has 0 saturated carbocycles. The summed E-state index contributed by atoms with van der Waals surface area (Å²) in [5.74, 6) is -0.512. The molecule has 0 aliphatic carbocycles. The van der Waals surface area contributed by atoms with Crippen molar-refractivity contribution >= 4 is 23.4 Å². The minimum atomic E-state index is -1.21. The molecule has 0 saturated heterocycles. The van der Waals surface area contributed by atoms with E-state index in [-0.39, 0.29) is 18.6 Å². The van der Waals surface area contributed by atoms with Crippen molar-refractivity contribution in [2.24, 2.45) is 0 Å². The Hall–Kier alpha value is -2.91. The quantitative estimate of drug-likeness (QED) is 0.391. The van der Waals surface area contributed by atoms with Crippen LogP contribution in [0.2, 0.25) is 5.02 Å². The van der Waals surface area contributed by atoms with Crippen molar-refractivity contribution in [3.63, 3.8) is 0 Å². The van der Waals surface area contributed by atoms with Crippen LogP contribution in [-0.2, 0) is 19.9 Å². The minimum absolute atomic E-state index is 0.0151. The van der Waals surface area contributed by atoms with Crippen LogP contribution < -0.4 is 0 Å². The number of carbonyl (C=O) groups is 2. The molecule has 0 N–H and O–H groups in total. The van der Waals surface area contributed by atoms with Gasteiger partial charge in [0.05, 0.1) is 6.42 Å². The van der Waals surface area contributed by atoms with E-state index in [1.165, 1.54) is 6.92 Å². The Labute approximate surface area is 169 Å². The molecule has 28 heavy (non-hydrogen) atoms. The first-order valence-electron chi connectivity index (χ1n) is 9.11. The number of carbonyl (C=O) groups excluding carboxylic acids is 2. The van der Waals surface area contributed by atoms with Crippen LogP contribution >= 0.6 is 11.6 Å². The predicted molar refractivity (Wildman–Crippen MR) is 110 cm³/mol. The minimum Gasteiger partial charge on any atom is -0.444 e. The van der Waals surface area contributed by atoms with Gasteiger partial charge >= 0.3 is 5.97 Å². The lowest BCUT2D eigenvalue weighted by Crippen LogP contribution is -2.35. The number of rotatable bonds is 7. The van der Waals surface area contributed by atoms with Crippen LogP contribution in [0.5, 0.6) is 0 Å². The summed E-state index contributed by atoms with van der Waals surface area (Å²) < 4.78 is 6.15. The Kier molecular flexibility index (Phi) is 6.27. The molecule has 0 aliphatic rings. The second kappa shape index (κ2) is 8.85. The second-order valence-corrected chi connectivity index (χ2v) is 6.98. The molecule has 0 unspecified atom stereocenters. The summed E-state index contributed by atoms with van der Waals surface area (Å²) in [6.07, 6.45) is 0.155. The maximum atomic E-state index is 12.8. The van der Waals surface area contributed by atoms with Crippen LogP contribution in [-0.4, -0.2) is 11.8 Å². The van der Waals surface area contributed by atoms with Crippen molar-refractivity contribution in [1.29, 1.82) is 0 Å². The molecule has 142 valence electrons. The van der Waals surface area contributed by atoms with Gasteiger partial charge in [-0.1, -0.05) is 90.5 Å². The third kappa shape index (κ3) is 4.15.